The number of nitrogens with zero attached hydrogens (tertiary/aromatic N) is 4. The molecular formula is C75H67N4OPt-3. The molecule has 0 radical (unpaired) electrons. The van der Waals surface area contributed by atoms with E-state index in [0.29, 0.717) is 11.5 Å². The van der Waals surface area contributed by atoms with E-state index < -0.39 is 0 Å². The fraction of sp³-hybridized carbons (Fsp3) is 0.173. The first kappa shape index (κ1) is 54.7. The number of rotatable bonds is 13. The Morgan fingerprint density at radius 1 is 0.432 bits per heavy atom. The molecule has 0 spiro atoms. The Labute approximate surface area is 493 Å². The van der Waals surface area contributed by atoms with Crippen molar-refractivity contribution < 1.29 is 25.8 Å². The minimum Gasteiger partial charge on any atom is -0.509 e. The van der Waals surface area contributed by atoms with Gasteiger partial charge in [-0.05, 0) is 97.4 Å². The van der Waals surface area contributed by atoms with Gasteiger partial charge in [-0.15, -0.1) is 53.6 Å². The topological polar surface area (TPSA) is 33.5 Å². The Kier molecular flexibility index (Phi) is 14.6. The van der Waals surface area contributed by atoms with Gasteiger partial charge in [-0.25, -0.2) is 4.98 Å². The van der Waals surface area contributed by atoms with E-state index in [2.05, 4.69) is 320 Å². The summed E-state index contributed by atoms with van der Waals surface area (Å²) < 4.78 is 9.29. The Morgan fingerprint density at radius 3 is 1.54 bits per heavy atom. The molecule has 6 heteroatoms. The monoisotopic (exact) mass is 1230 g/mol. The summed E-state index contributed by atoms with van der Waals surface area (Å²) in [6.07, 6.45) is 4.15. The van der Waals surface area contributed by atoms with Gasteiger partial charge in [0.05, 0.1) is 0 Å². The number of hydrogen-bond acceptors (Lipinski definition) is 4. The predicted molar refractivity (Wildman–Crippen MR) is 333 cm³/mol. The molecule has 1 aliphatic heterocycles. The van der Waals surface area contributed by atoms with E-state index in [-0.39, 0.29) is 42.7 Å². The first-order valence-corrected chi connectivity index (χ1v) is 27.8. The largest absolute Gasteiger partial charge is 0.509 e. The maximum absolute atomic E-state index is 7.04. The quantitative estimate of drug-likeness (QED) is 0.108. The average Bonchev–Trinajstić information content (AvgIpc) is 4.09. The van der Waals surface area contributed by atoms with Crippen molar-refractivity contribution in [1.29, 1.82) is 0 Å². The molecule has 5 nitrogen and oxygen atoms in total. The van der Waals surface area contributed by atoms with Gasteiger partial charge in [-0.2, -0.15) is 6.07 Å². The molecule has 0 bridgehead atoms. The zero-order chi connectivity index (χ0) is 55.4. The minimum atomic E-state index is -0.303. The van der Waals surface area contributed by atoms with Crippen LogP contribution in [0.4, 0.5) is 11.4 Å². The fourth-order valence-corrected chi connectivity index (χ4v) is 11.4. The van der Waals surface area contributed by atoms with Crippen LogP contribution >= 0.6 is 0 Å². The number of aromatic nitrogens is 2. The molecule has 0 atom stereocenters. The third kappa shape index (κ3) is 10.6. The molecule has 0 unspecified atom stereocenters. The summed E-state index contributed by atoms with van der Waals surface area (Å²) in [6.45, 7) is 22.9. The number of pyridine rings is 1. The molecule has 0 fully saturated rings. The van der Waals surface area contributed by atoms with Crippen LogP contribution in [-0.2, 0) is 42.7 Å². The summed E-state index contributed by atoms with van der Waals surface area (Å²) in [6, 6.07) is 88.0. The first-order valence-electron chi connectivity index (χ1n) is 27.8. The molecule has 0 N–H and O–H groups in total. The average molecular weight is 1240 g/mol. The zero-order valence-corrected chi connectivity index (χ0v) is 49.9. The van der Waals surface area contributed by atoms with Crippen LogP contribution < -0.4 is 14.5 Å². The smallest absolute Gasteiger partial charge is 0.135 e. The van der Waals surface area contributed by atoms with Crippen LogP contribution in [0.1, 0.15) is 107 Å². The molecule has 11 aromatic rings. The Morgan fingerprint density at radius 2 is 0.975 bits per heavy atom. The van der Waals surface area contributed by atoms with Crippen LogP contribution in [-0.4, -0.2) is 9.55 Å². The maximum atomic E-state index is 7.04. The summed E-state index contributed by atoms with van der Waals surface area (Å²) in [5.41, 5.74) is 15.8. The van der Waals surface area contributed by atoms with Crippen molar-refractivity contribution >= 4 is 38.9 Å². The van der Waals surface area contributed by atoms with E-state index in [1.807, 2.05) is 12.3 Å². The molecule has 12 rings (SSSR count). The third-order valence-corrected chi connectivity index (χ3v) is 16.6. The van der Waals surface area contributed by atoms with E-state index in [9.17, 15) is 0 Å². The molecule has 406 valence electrons. The number of ether oxygens (including phenoxy) is 1. The second-order valence-electron chi connectivity index (χ2n) is 23.9. The van der Waals surface area contributed by atoms with Gasteiger partial charge >= 0.3 is 0 Å². The molecule has 9 aromatic carbocycles. The molecule has 0 amide bonds. The van der Waals surface area contributed by atoms with Crippen molar-refractivity contribution in [3.8, 4) is 28.4 Å². The third-order valence-electron chi connectivity index (χ3n) is 16.6. The van der Waals surface area contributed by atoms with E-state index >= 15 is 0 Å². The van der Waals surface area contributed by atoms with Crippen molar-refractivity contribution in [2.45, 2.75) is 84.0 Å². The SMILES string of the molecule is CC(C)(C)c1ccnc(-n2c3[c-]c(Oc4[c-]c(N5C=C(c6ccccc6)N(c6cc(C(C)(C)c7ccccc7)cc(C(C)(C)c7ccccc7)c6)[CH-]5)cc(-c5ccccc5)c4)ccc3c3cc(C(C)(C)c4ccccc4)ccc32)c1.[Pt]. The molecule has 0 aliphatic carbocycles. The van der Waals surface area contributed by atoms with Gasteiger partial charge < -0.3 is 19.1 Å². The van der Waals surface area contributed by atoms with E-state index in [1.54, 1.807) is 0 Å². The maximum Gasteiger partial charge on any atom is 0.135 e. The summed E-state index contributed by atoms with van der Waals surface area (Å²) in [5.74, 6) is 1.98. The molecule has 1 aliphatic rings. The molecular weight excluding hydrogens is 1170 g/mol. The normalized spacial score (nSPS) is 13.1. The number of fused-ring (bicyclic) bond motifs is 3. The van der Waals surface area contributed by atoms with Gasteiger partial charge in [-0.1, -0.05) is 238 Å². The molecule has 81 heavy (non-hydrogen) atoms. The Bertz CT molecular complexity index is 4000. The second kappa shape index (κ2) is 21.7. The van der Waals surface area contributed by atoms with Gasteiger partial charge in [0.25, 0.3) is 0 Å². The van der Waals surface area contributed by atoms with Crippen LogP contribution in [0.3, 0.4) is 0 Å². The van der Waals surface area contributed by atoms with Gasteiger partial charge in [0, 0.05) is 71.9 Å². The fourth-order valence-electron chi connectivity index (χ4n) is 11.4. The van der Waals surface area contributed by atoms with Crippen LogP contribution in [0, 0.1) is 18.8 Å². The van der Waals surface area contributed by atoms with Gasteiger partial charge in [0.2, 0.25) is 0 Å². The van der Waals surface area contributed by atoms with Crippen molar-refractivity contribution in [3.05, 3.63) is 300 Å². The first-order chi connectivity index (χ1) is 38.5. The van der Waals surface area contributed by atoms with E-state index in [4.69, 9.17) is 9.72 Å². The predicted octanol–water partition coefficient (Wildman–Crippen LogP) is 19.0. The minimum absolute atomic E-state index is 0. The van der Waals surface area contributed by atoms with Crippen molar-refractivity contribution in [1.82, 2.24) is 9.55 Å². The number of anilines is 2. The molecule has 0 saturated carbocycles. The molecule has 3 heterocycles. The standard InChI is InChI=1S/C75H67N4O.Pt/c1-72(2,3)58-39-40-76-71(47-58)79-68-38-35-59(73(4,5)55-29-19-12-20-30-55)46-67(68)66-37-36-64(49-69(66)79)80-65-42-54(52-25-15-10-16-26-52)41-62(48-65)77-50-70(53-27-17-11-18-28-53)78(51-77)63-44-60(74(6,7)56-31-21-13-22-32-56)43-61(45-63)75(8,9)57-33-23-14-24-34-57;/h10-47,50-51H,1-9H3;/q-3;. The Hall–Kier alpha value is -8.24. The van der Waals surface area contributed by atoms with Crippen molar-refractivity contribution in [2.24, 2.45) is 0 Å². The summed E-state index contributed by atoms with van der Waals surface area (Å²) in [5, 5.41) is 2.20. The van der Waals surface area contributed by atoms with Crippen LogP contribution in [0.15, 0.2) is 237 Å². The second-order valence-corrected chi connectivity index (χ2v) is 23.9. The number of benzene rings is 9. The van der Waals surface area contributed by atoms with Gasteiger partial charge in [0.15, 0.2) is 0 Å². The summed E-state index contributed by atoms with van der Waals surface area (Å²) in [4.78, 5) is 9.55. The van der Waals surface area contributed by atoms with Crippen molar-refractivity contribution in [2.75, 3.05) is 9.80 Å². The van der Waals surface area contributed by atoms with E-state index in [1.165, 1.54) is 38.9 Å². The molecule has 2 aromatic heterocycles. The summed E-state index contributed by atoms with van der Waals surface area (Å²) >= 11 is 0. The zero-order valence-electron chi connectivity index (χ0n) is 47.6. The van der Waals surface area contributed by atoms with E-state index in [0.717, 1.165) is 61.4 Å². The van der Waals surface area contributed by atoms with Crippen LogP contribution in [0.5, 0.6) is 11.5 Å². The van der Waals surface area contributed by atoms with Gasteiger partial charge in [0.1, 0.15) is 5.82 Å². The summed E-state index contributed by atoms with van der Waals surface area (Å²) in [7, 11) is 0. The Balaban J connectivity index is 0.00000690. The number of hydrogen-bond donors (Lipinski definition) is 0. The van der Waals surface area contributed by atoms with Gasteiger partial charge in [-0.3, -0.25) is 0 Å². The molecule has 0 saturated heterocycles. The van der Waals surface area contributed by atoms with Crippen LogP contribution in [0.25, 0.3) is 44.4 Å². The van der Waals surface area contributed by atoms with Crippen LogP contribution in [0.2, 0.25) is 0 Å². The van der Waals surface area contributed by atoms with Crippen molar-refractivity contribution in [3.63, 3.8) is 0 Å².